The summed E-state index contributed by atoms with van der Waals surface area (Å²) in [6.45, 7) is 2.51. The summed E-state index contributed by atoms with van der Waals surface area (Å²) in [5.41, 5.74) is 1.06. The van der Waals surface area contributed by atoms with E-state index in [1.165, 1.54) is 6.92 Å². The van der Waals surface area contributed by atoms with Gasteiger partial charge in [0.25, 0.3) is 5.91 Å². The van der Waals surface area contributed by atoms with Gasteiger partial charge in [-0.05, 0) is 25.1 Å². The molecule has 2 aromatic carbocycles. The first kappa shape index (κ1) is 19.5. The Morgan fingerprint density at radius 2 is 1.73 bits per heavy atom. The van der Waals surface area contributed by atoms with Crippen LogP contribution in [0.5, 0.6) is 5.75 Å². The predicted molar refractivity (Wildman–Crippen MR) is 97.0 cm³/mol. The zero-order valence-corrected chi connectivity index (χ0v) is 14.9. The molecule has 6 nitrogen and oxygen atoms in total. The van der Waals surface area contributed by atoms with Gasteiger partial charge in [0.1, 0.15) is 12.4 Å². The molecule has 1 amide bonds. The van der Waals surface area contributed by atoms with E-state index in [0.717, 1.165) is 0 Å². The Hall–Kier alpha value is -2.86. The van der Waals surface area contributed by atoms with E-state index in [-0.39, 0.29) is 12.5 Å². The van der Waals surface area contributed by atoms with E-state index in [2.05, 4.69) is 5.32 Å². The number of hydrogen-bond donors (Lipinski definition) is 1. The van der Waals surface area contributed by atoms with Crippen LogP contribution in [0.3, 0.4) is 0 Å². The van der Waals surface area contributed by atoms with Gasteiger partial charge in [-0.2, -0.15) is 0 Å². The van der Waals surface area contributed by atoms with E-state index in [1.54, 1.807) is 25.3 Å². The summed E-state index contributed by atoms with van der Waals surface area (Å²) in [5.74, 6) is -0.221. The Balaban J connectivity index is 1.97. The zero-order valence-electron chi connectivity index (χ0n) is 14.9. The number of nitrogens with one attached hydrogen (secondary N) is 1. The number of ether oxygens (including phenoxy) is 3. The molecular weight excluding hydrogens is 334 g/mol. The van der Waals surface area contributed by atoms with Crippen molar-refractivity contribution < 1.29 is 23.8 Å². The molecule has 0 heterocycles. The molecule has 0 aliphatic carbocycles. The third-order valence-electron chi connectivity index (χ3n) is 3.63. The zero-order chi connectivity index (χ0) is 18.8. The van der Waals surface area contributed by atoms with Crippen molar-refractivity contribution in [1.82, 2.24) is 5.32 Å². The van der Waals surface area contributed by atoms with Gasteiger partial charge in [-0.3, -0.25) is 4.79 Å². The molecule has 2 aromatic rings. The number of para-hydroxylation sites is 1. The summed E-state index contributed by atoms with van der Waals surface area (Å²) in [6, 6.07) is 16.3. The van der Waals surface area contributed by atoms with Gasteiger partial charge in [-0.15, -0.1) is 0 Å². The maximum absolute atomic E-state index is 12.4. The molecule has 6 heteroatoms. The fraction of sp³-hybridized carbons (Fsp3) is 0.300. The van der Waals surface area contributed by atoms with Crippen LogP contribution in [-0.4, -0.2) is 38.2 Å². The Morgan fingerprint density at radius 1 is 1.04 bits per heavy atom. The first-order valence-electron chi connectivity index (χ1n) is 8.35. The van der Waals surface area contributed by atoms with Crippen LogP contribution in [0.1, 0.15) is 22.8 Å². The van der Waals surface area contributed by atoms with Crippen LogP contribution in [0.15, 0.2) is 54.6 Å². The molecule has 138 valence electrons. The number of methoxy groups -OCH3 is 1. The van der Waals surface area contributed by atoms with Crippen molar-refractivity contribution in [2.45, 2.75) is 19.6 Å². The lowest BCUT2D eigenvalue weighted by atomic mass is 10.1. The second-order valence-electron chi connectivity index (χ2n) is 5.59. The normalized spacial score (nSPS) is 11.5. The molecule has 0 saturated heterocycles. The molecule has 0 aromatic heterocycles. The van der Waals surface area contributed by atoms with Crippen molar-refractivity contribution in [1.29, 1.82) is 0 Å². The Labute approximate surface area is 153 Å². The van der Waals surface area contributed by atoms with Gasteiger partial charge in [0.2, 0.25) is 0 Å². The van der Waals surface area contributed by atoms with Gasteiger partial charge in [0, 0.05) is 19.2 Å². The van der Waals surface area contributed by atoms with Crippen LogP contribution in [0.25, 0.3) is 0 Å². The molecular formula is C20H23NO5. The lowest BCUT2D eigenvalue weighted by molar-refractivity contribution is -0.129. The van der Waals surface area contributed by atoms with Gasteiger partial charge in [0.15, 0.2) is 6.10 Å². The molecule has 0 aliphatic rings. The van der Waals surface area contributed by atoms with Gasteiger partial charge in [0.05, 0.1) is 12.2 Å². The van der Waals surface area contributed by atoms with Crippen LogP contribution >= 0.6 is 0 Å². The summed E-state index contributed by atoms with van der Waals surface area (Å²) in [5, 5.41) is 2.64. The number of hydrogen-bond acceptors (Lipinski definition) is 5. The number of carbonyl (C=O) groups excluding carboxylic acids is 2. The van der Waals surface area contributed by atoms with E-state index in [4.69, 9.17) is 14.2 Å². The van der Waals surface area contributed by atoms with Crippen molar-refractivity contribution in [2.24, 2.45) is 0 Å². The van der Waals surface area contributed by atoms with Gasteiger partial charge in [-0.25, -0.2) is 4.79 Å². The smallest absolute Gasteiger partial charge is 0.339 e. The fourth-order valence-electron chi connectivity index (χ4n) is 2.22. The minimum Gasteiger partial charge on any atom is -0.489 e. The third-order valence-corrected chi connectivity index (χ3v) is 3.63. The highest BCUT2D eigenvalue weighted by atomic mass is 16.5. The first-order chi connectivity index (χ1) is 12.6. The minimum absolute atomic E-state index is 0.226. The maximum Gasteiger partial charge on any atom is 0.339 e. The number of carbonyl (C=O) groups is 2. The van der Waals surface area contributed by atoms with Crippen LogP contribution in [0.2, 0.25) is 0 Å². The maximum atomic E-state index is 12.4. The summed E-state index contributed by atoms with van der Waals surface area (Å²) in [6.07, 6.45) is -0.901. The second kappa shape index (κ2) is 10.2. The van der Waals surface area contributed by atoms with Gasteiger partial charge < -0.3 is 19.5 Å². The van der Waals surface area contributed by atoms with Gasteiger partial charge >= 0.3 is 5.97 Å². The molecule has 2 rings (SSSR count). The lowest BCUT2D eigenvalue weighted by Crippen LogP contribution is -2.37. The van der Waals surface area contributed by atoms with E-state index in [9.17, 15) is 9.59 Å². The average Bonchev–Trinajstić information content (AvgIpc) is 2.67. The molecule has 0 bridgehead atoms. The summed E-state index contributed by atoms with van der Waals surface area (Å²) in [7, 11) is 1.55. The van der Waals surface area contributed by atoms with Crippen LogP contribution in [-0.2, 0) is 20.9 Å². The first-order valence-corrected chi connectivity index (χ1v) is 8.35. The van der Waals surface area contributed by atoms with Crippen molar-refractivity contribution in [3.63, 3.8) is 0 Å². The number of benzene rings is 2. The van der Waals surface area contributed by atoms with Crippen molar-refractivity contribution in [3.05, 3.63) is 65.7 Å². The summed E-state index contributed by atoms with van der Waals surface area (Å²) >= 11 is 0. The summed E-state index contributed by atoms with van der Waals surface area (Å²) < 4.78 is 15.8. The third kappa shape index (κ3) is 5.89. The van der Waals surface area contributed by atoms with E-state index < -0.39 is 12.1 Å². The van der Waals surface area contributed by atoms with E-state index >= 15 is 0 Å². The minimum atomic E-state index is -0.901. The Morgan fingerprint density at radius 3 is 2.46 bits per heavy atom. The fourth-order valence-corrected chi connectivity index (χ4v) is 2.22. The van der Waals surface area contributed by atoms with Crippen LogP contribution < -0.4 is 10.1 Å². The largest absolute Gasteiger partial charge is 0.489 e. The molecule has 26 heavy (non-hydrogen) atoms. The quantitative estimate of drug-likeness (QED) is 0.551. The van der Waals surface area contributed by atoms with Crippen LogP contribution in [0.4, 0.5) is 0 Å². The molecule has 0 unspecified atom stereocenters. The van der Waals surface area contributed by atoms with Gasteiger partial charge in [-0.1, -0.05) is 36.4 Å². The molecule has 0 spiro atoms. The molecule has 0 fully saturated rings. The van der Waals surface area contributed by atoms with E-state index in [0.29, 0.717) is 30.0 Å². The highest BCUT2D eigenvalue weighted by Crippen LogP contribution is 2.16. The lowest BCUT2D eigenvalue weighted by Gasteiger charge is -2.15. The number of amides is 1. The number of esters is 1. The molecule has 0 aliphatic heterocycles. The molecule has 0 saturated carbocycles. The predicted octanol–water partition coefficient (Wildman–Crippen LogP) is 2.57. The average molecular weight is 357 g/mol. The monoisotopic (exact) mass is 357 g/mol. The Bertz CT molecular complexity index is 717. The van der Waals surface area contributed by atoms with E-state index in [1.807, 2.05) is 36.4 Å². The topological polar surface area (TPSA) is 73.9 Å². The SMILES string of the molecule is COCCNC(=O)[C@@H](C)OC(=O)c1ccccc1COc1ccccc1. The second-order valence-corrected chi connectivity index (χ2v) is 5.59. The standard InChI is InChI=1S/C20H23NO5/c1-15(19(22)21-12-13-24-2)26-20(23)18-11-7-6-8-16(18)14-25-17-9-4-3-5-10-17/h3-11,15H,12-14H2,1-2H3,(H,21,22)/t15-/m1/s1. The van der Waals surface area contributed by atoms with Crippen molar-refractivity contribution in [3.8, 4) is 5.75 Å². The highest BCUT2D eigenvalue weighted by Gasteiger charge is 2.20. The molecule has 0 radical (unpaired) electrons. The number of rotatable bonds is 9. The Kier molecular flexibility index (Phi) is 7.64. The van der Waals surface area contributed by atoms with Crippen molar-refractivity contribution in [2.75, 3.05) is 20.3 Å². The summed E-state index contributed by atoms with van der Waals surface area (Å²) in [4.78, 5) is 24.4. The highest BCUT2D eigenvalue weighted by molar-refractivity contribution is 5.93. The van der Waals surface area contributed by atoms with Crippen molar-refractivity contribution >= 4 is 11.9 Å². The molecule has 1 N–H and O–H groups in total. The molecule has 1 atom stereocenters. The van der Waals surface area contributed by atoms with Crippen LogP contribution in [0, 0.1) is 0 Å².